The van der Waals surface area contributed by atoms with Gasteiger partial charge in [0.15, 0.2) is 5.96 Å². The minimum Gasteiger partial charge on any atom is -0.382 e. The smallest absolute Gasteiger partial charge is 0.191 e. The van der Waals surface area contributed by atoms with Crippen LogP contribution < -0.4 is 10.6 Å². The van der Waals surface area contributed by atoms with E-state index in [4.69, 9.17) is 9.47 Å². The van der Waals surface area contributed by atoms with Gasteiger partial charge in [0.25, 0.3) is 0 Å². The van der Waals surface area contributed by atoms with Crippen LogP contribution in [0.15, 0.2) is 4.99 Å². The molecule has 0 aliphatic rings. The lowest BCUT2D eigenvalue weighted by atomic mass is 10.3. The topological polar surface area (TPSA) is 54.9 Å². The first kappa shape index (κ1) is 22.5. The summed E-state index contributed by atoms with van der Waals surface area (Å²) in [6.45, 7) is 6.89. The maximum Gasteiger partial charge on any atom is 0.191 e. The third kappa shape index (κ3) is 16.3. The van der Waals surface area contributed by atoms with Crippen molar-refractivity contribution in [3.8, 4) is 0 Å². The molecule has 0 aliphatic heterocycles. The van der Waals surface area contributed by atoms with Crippen molar-refractivity contribution in [2.45, 2.75) is 19.8 Å². The van der Waals surface area contributed by atoms with Gasteiger partial charge in [0.05, 0.1) is 13.2 Å². The van der Waals surface area contributed by atoms with Crippen LogP contribution >= 0.6 is 35.7 Å². The summed E-state index contributed by atoms with van der Waals surface area (Å²) in [5, 5.41) is 6.55. The Morgan fingerprint density at radius 2 is 1.95 bits per heavy atom. The van der Waals surface area contributed by atoms with Gasteiger partial charge in [-0.25, -0.2) is 0 Å². The van der Waals surface area contributed by atoms with E-state index in [1.807, 2.05) is 11.8 Å². The van der Waals surface area contributed by atoms with E-state index >= 15 is 0 Å². The van der Waals surface area contributed by atoms with Gasteiger partial charge in [0.1, 0.15) is 0 Å². The maximum atomic E-state index is 5.40. The van der Waals surface area contributed by atoms with E-state index in [1.165, 1.54) is 0 Å². The van der Waals surface area contributed by atoms with Crippen molar-refractivity contribution < 1.29 is 9.47 Å². The van der Waals surface area contributed by atoms with Crippen LogP contribution in [0.5, 0.6) is 0 Å². The molecule has 0 radical (unpaired) electrons. The fourth-order valence-electron chi connectivity index (χ4n) is 1.36. The van der Waals surface area contributed by atoms with E-state index in [0.29, 0.717) is 13.2 Å². The van der Waals surface area contributed by atoms with E-state index in [2.05, 4.69) is 28.8 Å². The van der Waals surface area contributed by atoms with E-state index in [9.17, 15) is 0 Å². The van der Waals surface area contributed by atoms with Crippen molar-refractivity contribution in [3.63, 3.8) is 0 Å². The fourth-order valence-corrected chi connectivity index (χ4v) is 1.67. The number of nitrogens with zero attached hydrogens (tertiary/aromatic N) is 1. The first-order chi connectivity index (χ1) is 9.35. The maximum absolute atomic E-state index is 5.40. The molecule has 0 rings (SSSR count). The van der Waals surface area contributed by atoms with Gasteiger partial charge in [-0.1, -0.05) is 0 Å². The molecule has 0 saturated carbocycles. The second kappa shape index (κ2) is 19.3. The van der Waals surface area contributed by atoms with Crippen LogP contribution in [0.3, 0.4) is 0 Å². The second-order valence-electron chi connectivity index (χ2n) is 3.99. The average molecular weight is 419 g/mol. The summed E-state index contributed by atoms with van der Waals surface area (Å²) >= 11 is 1.83. The molecule has 2 N–H and O–H groups in total. The number of thioether (sulfide) groups is 1. The van der Waals surface area contributed by atoms with Crippen molar-refractivity contribution in [1.29, 1.82) is 0 Å². The first-order valence-electron chi connectivity index (χ1n) is 6.93. The Labute approximate surface area is 145 Å². The molecule has 0 saturated heterocycles. The summed E-state index contributed by atoms with van der Waals surface area (Å²) in [5.41, 5.74) is 0. The summed E-state index contributed by atoms with van der Waals surface area (Å²) in [6.07, 6.45) is 4.19. The molecule has 0 atom stereocenters. The predicted octanol–water partition coefficient (Wildman–Crippen LogP) is 1.97. The molecule has 0 heterocycles. The predicted molar refractivity (Wildman–Crippen MR) is 99.7 cm³/mol. The van der Waals surface area contributed by atoms with Gasteiger partial charge in [-0.2, -0.15) is 11.8 Å². The van der Waals surface area contributed by atoms with E-state index in [-0.39, 0.29) is 24.0 Å². The van der Waals surface area contributed by atoms with Crippen molar-refractivity contribution in [3.05, 3.63) is 0 Å². The van der Waals surface area contributed by atoms with Crippen LogP contribution in [0.2, 0.25) is 0 Å². The lowest BCUT2D eigenvalue weighted by Gasteiger charge is -2.10. The summed E-state index contributed by atoms with van der Waals surface area (Å²) < 4.78 is 10.3. The van der Waals surface area contributed by atoms with Gasteiger partial charge in [-0.3, -0.25) is 4.99 Å². The second-order valence-corrected chi connectivity index (χ2v) is 4.98. The summed E-state index contributed by atoms with van der Waals surface area (Å²) in [6, 6.07) is 0. The molecule has 0 spiro atoms. The number of rotatable bonds is 12. The standard InChI is InChI=1S/C13H29N3O2S.HI/c1-4-14-13(16-8-12-19-3)15-7-5-6-9-18-11-10-17-2;/h4-12H2,1-3H3,(H2,14,15,16);1H. The molecular formula is C13H30IN3O2S. The molecule has 0 aromatic heterocycles. The van der Waals surface area contributed by atoms with Crippen LogP contribution in [0.25, 0.3) is 0 Å². The van der Waals surface area contributed by atoms with Crippen molar-refractivity contribution in [2.24, 2.45) is 4.99 Å². The molecule has 0 amide bonds. The number of nitrogens with one attached hydrogen (secondary N) is 2. The van der Waals surface area contributed by atoms with Gasteiger partial charge in [0.2, 0.25) is 0 Å². The molecule has 0 aromatic carbocycles. The summed E-state index contributed by atoms with van der Waals surface area (Å²) in [5.74, 6) is 2.01. The number of ether oxygens (including phenoxy) is 2. The fraction of sp³-hybridized carbons (Fsp3) is 0.923. The molecule has 20 heavy (non-hydrogen) atoms. The van der Waals surface area contributed by atoms with Crippen molar-refractivity contribution in [1.82, 2.24) is 10.6 Å². The molecule has 122 valence electrons. The zero-order valence-electron chi connectivity index (χ0n) is 12.9. The molecule has 5 nitrogen and oxygen atoms in total. The number of halogens is 1. The number of methoxy groups -OCH3 is 1. The Morgan fingerprint density at radius 3 is 2.60 bits per heavy atom. The largest absolute Gasteiger partial charge is 0.382 e. The van der Waals surface area contributed by atoms with Gasteiger partial charge in [-0.05, 0) is 26.0 Å². The molecule has 0 aromatic rings. The Bertz CT molecular complexity index is 222. The Kier molecular flexibility index (Phi) is 21.7. The molecule has 0 unspecified atom stereocenters. The van der Waals surface area contributed by atoms with Crippen LogP contribution in [0, 0.1) is 0 Å². The highest BCUT2D eigenvalue weighted by molar-refractivity contribution is 14.0. The van der Waals surface area contributed by atoms with E-state index in [1.54, 1.807) is 7.11 Å². The monoisotopic (exact) mass is 419 g/mol. The van der Waals surface area contributed by atoms with Crippen LogP contribution in [0.4, 0.5) is 0 Å². The van der Waals surface area contributed by atoms with Gasteiger partial charge < -0.3 is 20.1 Å². The number of hydrogen-bond donors (Lipinski definition) is 2. The number of hydrogen-bond acceptors (Lipinski definition) is 4. The van der Waals surface area contributed by atoms with E-state index in [0.717, 1.165) is 50.8 Å². The van der Waals surface area contributed by atoms with Crippen LogP contribution in [0.1, 0.15) is 19.8 Å². The zero-order chi connectivity index (χ0) is 14.2. The normalized spacial score (nSPS) is 11.1. The molecule has 7 heteroatoms. The number of unbranched alkanes of at least 4 members (excludes halogenated alkanes) is 1. The van der Waals surface area contributed by atoms with Gasteiger partial charge in [0, 0.05) is 39.1 Å². The lowest BCUT2D eigenvalue weighted by molar-refractivity contribution is 0.0690. The molecule has 0 fully saturated rings. The zero-order valence-corrected chi connectivity index (χ0v) is 16.1. The highest BCUT2D eigenvalue weighted by Gasteiger charge is 1.95. The lowest BCUT2D eigenvalue weighted by Crippen LogP contribution is -2.38. The molecular weight excluding hydrogens is 389 g/mol. The van der Waals surface area contributed by atoms with Crippen molar-refractivity contribution in [2.75, 3.05) is 58.6 Å². The Morgan fingerprint density at radius 1 is 1.15 bits per heavy atom. The SMILES string of the molecule is CCNC(=NCCCCOCCOC)NCCSC.I. The average Bonchev–Trinajstić information content (AvgIpc) is 2.42. The summed E-state index contributed by atoms with van der Waals surface area (Å²) in [7, 11) is 1.68. The van der Waals surface area contributed by atoms with Crippen LogP contribution in [-0.2, 0) is 9.47 Å². The molecule has 0 aliphatic carbocycles. The van der Waals surface area contributed by atoms with Gasteiger partial charge in [-0.15, -0.1) is 24.0 Å². The minimum atomic E-state index is 0. The van der Waals surface area contributed by atoms with Crippen molar-refractivity contribution >= 4 is 41.7 Å². The molecule has 0 bridgehead atoms. The highest BCUT2D eigenvalue weighted by Crippen LogP contribution is 1.92. The Hall–Kier alpha value is 0.270. The minimum absolute atomic E-state index is 0. The summed E-state index contributed by atoms with van der Waals surface area (Å²) in [4.78, 5) is 4.52. The highest BCUT2D eigenvalue weighted by atomic mass is 127. The number of aliphatic imine (C=N–C) groups is 1. The third-order valence-corrected chi connectivity index (χ3v) is 2.95. The first-order valence-corrected chi connectivity index (χ1v) is 8.32. The quantitative estimate of drug-likeness (QED) is 0.219. The van der Waals surface area contributed by atoms with E-state index < -0.39 is 0 Å². The number of guanidine groups is 1. The van der Waals surface area contributed by atoms with Crippen LogP contribution in [-0.4, -0.2) is 64.5 Å². The van der Waals surface area contributed by atoms with Gasteiger partial charge >= 0.3 is 0 Å². The Balaban J connectivity index is 0. The third-order valence-electron chi connectivity index (χ3n) is 2.34.